The Labute approximate surface area is 171 Å². The number of rotatable bonds is 5. The molecule has 1 heterocycles. The molecule has 0 radical (unpaired) electrons. The number of hydrogen-bond acceptors (Lipinski definition) is 7. The summed E-state index contributed by atoms with van der Waals surface area (Å²) in [4.78, 5) is 7.94. The summed E-state index contributed by atoms with van der Waals surface area (Å²) < 4.78 is 11.2. The van der Waals surface area contributed by atoms with Gasteiger partial charge in [-0.15, -0.1) is 0 Å². The molecule has 142 valence electrons. The van der Waals surface area contributed by atoms with Crippen molar-refractivity contribution < 1.29 is 9.47 Å². The number of nitrogen functional groups attached to an aromatic ring is 2. The normalized spacial score (nSPS) is 10.4. The first-order valence-corrected chi connectivity index (χ1v) is 8.77. The van der Waals surface area contributed by atoms with Gasteiger partial charge in [-0.05, 0) is 30.3 Å². The molecule has 2 aromatic carbocycles. The van der Waals surface area contributed by atoms with Gasteiger partial charge in [0, 0.05) is 21.2 Å². The van der Waals surface area contributed by atoms with Crippen LogP contribution in [0.1, 0.15) is 11.1 Å². The first kappa shape index (κ1) is 19.5. The maximum atomic E-state index is 9.36. The van der Waals surface area contributed by atoms with Crippen LogP contribution in [0.15, 0.2) is 36.4 Å². The molecule has 0 fully saturated rings. The van der Waals surface area contributed by atoms with Gasteiger partial charge in [-0.2, -0.15) is 10.2 Å². The Morgan fingerprint density at radius 3 is 2.43 bits per heavy atom. The summed E-state index contributed by atoms with van der Waals surface area (Å²) in [6.07, 6.45) is 0. The highest BCUT2D eigenvalue weighted by atomic mass is 35.5. The van der Waals surface area contributed by atoms with Crippen LogP contribution < -0.4 is 20.9 Å². The number of ether oxygens (including phenoxy) is 2. The number of nitrogens with two attached hydrogens (primary N) is 2. The van der Waals surface area contributed by atoms with Gasteiger partial charge in [0.15, 0.2) is 11.5 Å². The summed E-state index contributed by atoms with van der Waals surface area (Å²) >= 11 is 12.3. The second-order valence-electron chi connectivity index (χ2n) is 5.66. The zero-order valence-corrected chi connectivity index (χ0v) is 16.3. The highest BCUT2D eigenvalue weighted by Crippen LogP contribution is 2.35. The lowest BCUT2D eigenvalue weighted by atomic mass is 10.1. The van der Waals surface area contributed by atoms with E-state index < -0.39 is 0 Å². The molecule has 3 aromatic rings. The lowest BCUT2D eigenvalue weighted by Gasteiger charge is -2.14. The maximum Gasteiger partial charge on any atom is 0.222 e. The predicted octanol–water partition coefficient (Wildman–Crippen LogP) is 4.07. The zero-order valence-electron chi connectivity index (χ0n) is 14.7. The molecule has 4 N–H and O–H groups in total. The first-order chi connectivity index (χ1) is 13.4. The van der Waals surface area contributed by atoms with E-state index in [2.05, 4.69) is 9.97 Å². The second kappa shape index (κ2) is 8.21. The van der Waals surface area contributed by atoms with E-state index in [1.807, 2.05) is 6.07 Å². The fraction of sp³-hybridized carbons (Fsp3) is 0.105. The maximum absolute atomic E-state index is 9.36. The third-order valence-electron chi connectivity index (χ3n) is 3.94. The molecule has 0 unspecified atom stereocenters. The van der Waals surface area contributed by atoms with E-state index in [4.69, 9.17) is 44.1 Å². The van der Waals surface area contributed by atoms with Crippen molar-refractivity contribution in [1.29, 1.82) is 5.26 Å². The molecular formula is C19H15Cl2N5O2. The fourth-order valence-electron chi connectivity index (χ4n) is 2.57. The minimum absolute atomic E-state index is 0.0117. The smallest absolute Gasteiger partial charge is 0.222 e. The van der Waals surface area contributed by atoms with Crippen molar-refractivity contribution in [3.05, 3.63) is 57.6 Å². The van der Waals surface area contributed by atoms with Crippen LogP contribution in [0.4, 0.5) is 11.8 Å². The number of benzene rings is 2. The van der Waals surface area contributed by atoms with Gasteiger partial charge >= 0.3 is 0 Å². The highest BCUT2D eigenvalue weighted by Gasteiger charge is 2.16. The van der Waals surface area contributed by atoms with E-state index in [1.54, 1.807) is 36.4 Å². The summed E-state index contributed by atoms with van der Waals surface area (Å²) in [5.41, 5.74) is 13.1. The summed E-state index contributed by atoms with van der Waals surface area (Å²) in [5, 5.41) is 10.4. The molecule has 0 saturated heterocycles. The van der Waals surface area contributed by atoms with Crippen LogP contribution in [0, 0.1) is 11.3 Å². The molecule has 9 heteroatoms. The molecule has 3 rings (SSSR count). The number of halogens is 2. The Morgan fingerprint density at radius 2 is 1.79 bits per heavy atom. The average Bonchev–Trinajstić information content (AvgIpc) is 2.67. The van der Waals surface area contributed by atoms with Crippen molar-refractivity contribution in [2.75, 3.05) is 18.6 Å². The van der Waals surface area contributed by atoms with Crippen LogP contribution in [0.25, 0.3) is 11.3 Å². The number of anilines is 2. The minimum atomic E-state index is -0.0286. The van der Waals surface area contributed by atoms with Gasteiger partial charge < -0.3 is 20.9 Å². The van der Waals surface area contributed by atoms with Crippen molar-refractivity contribution in [3.8, 4) is 28.8 Å². The molecule has 28 heavy (non-hydrogen) atoms. The molecule has 7 nitrogen and oxygen atoms in total. The molecule has 0 amide bonds. The largest absolute Gasteiger partial charge is 0.493 e. The Hall–Kier alpha value is -3.21. The first-order valence-electron chi connectivity index (χ1n) is 8.01. The topological polar surface area (TPSA) is 120 Å². The molecule has 1 aromatic heterocycles. The van der Waals surface area contributed by atoms with Crippen LogP contribution >= 0.6 is 23.2 Å². The van der Waals surface area contributed by atoms with Gasteiger partial charge in [0.05, 0.1) is 12.8 Å². The van der Waals surface area contributed by atoms with E-state index in [0.29, 0.717) is 38.4 Å². The quantitative estimate of drug-likeness (QED) is 0.643. The standard InChI is InChI=1S/C19H15Cl2N5O2/c1-27-16-7-10(17-11(8-22)18(23)26-19(24)25-17)5-6-15(16)28-9-12-13(20)3-2-4-14(12)21/h2-7H,9H2,1H3,(H4,23,24,25,26). The lowest BCUT2D eigenvalue weighted by molar-refractivity contribution is 0.285. The van der Waals surface area contributed by atoms with Crippen molar-refractivity contribution in [2.24, 2.45) is 0 Å². The number of nitriles is 1. The molecule has 0 aliphatic heterocycles. The predicted molar refractivity (Wildman–Crippen MR) is 108 cm³/mol. The minimum Gasteiger partial charge on any atom is -0.493 e. The molecular weight excluding hydrogens is 401 g/mol. The monoisotopic (exact) mass is 415 g/mol. The molecule has 0 aliphatic rings. The van der Waals surface area contributed by atoms with Crippen molar-refractivity contribution in [2.45, 2.75) is 6.61 Å². The van der Waals surface area contributed by atoms with E-state index in [-0.39, 0.29) is 23.9 Å². The average molecular weight is 416 g/mol. The Morgan fingerprint density at radius 1 is 1.07 bits per heavy atom. The third-order valence-corrected chi connectivity index (χ3v) is 4.65. The van der Waals surface area contributed by atoms with E-state index in [1.165, 1.54) is 7.11 Å². The van der Waals surface area contributed by atoms with Crippen molar-refractivity contribution in [3.63, 3.8) is 0 Å². The van der Waals surface area contributed by atoms with E-state index >= 15 is 0 Å². The summed E-state index contributed by atoms with van der Waals surface area (Å²) in [5.74, 6) is 0.882. The van der Waals surface area contributed by atoms with E-state index in [9.17, 15) is 5.26 Å². The Bertz CT molecular complexity index is 1060. The fourth-order valence-corrected chi connectivity index (χ4v) is 3.08. The van der Waals surface area contributed by atoms with Gasteiger partial charge in [-0.1, -0.05) is 29.3 Å². The number of methoxy groups -OCH3 is 1. The molecule has 0 atom stereocenters. The Balaban J connectivity index is 1.95. The van der Waals surface area contributed by atoms with Crippen LogP contribution in [0.2, 0.25) is 10.0 Å². The molecule has 0 saturated carbocycles. The van der Waals surface area contributed by atoms with E-state index in [0.717, 1.165) is 0 Å². The van der Waals surface area contributed by atoms with Crippen molar-refractivity contribution in [1.82, 2.24) is 9.97 Å². The van der Waals surface area contributed by atoms with Gasteiger partial charge in [0.2, 0.25) is 5.95 Å². The molecule has 0 spiro atoms. The number of hydrogen-bond donors (Lipinski definition) is 2. The zero-order chi connectivity index (χ0) is 20.3. The van der Waals surface area contributed by atoms with Crippen LogP contribution in [0.5, 0.6) is 11.5 Å². The summed E-state index contributed by atoms with van der Waals surface area (Å²) in [6.45, 7) is 0.158. The van der Waals surface area contributed by atoms with Crippen LogP contribution in [-0.4, -0.2) is 17.1 Å². The highest BCUT2D eigenvalue weighted by molar-refractivity contribution is 6.35. The third kappa shape index (κ3) is 3.88. The van der Waals surface area contributed by atoms with Gasteiger partial charge in [0.25, 0.3) is 0 Å². The van der Waals surface area contributed by atoms with Gasteiger partial charge in [-0.3, -0.25) is 0 Å². The number of nitrogens with zero attached hydrogens (tertiary/aromatic N) is 3. The SMILES string of the molecule is COc1cc(-c2nc(N)nc(N)c2C#N)ccc1OCc1c(Cl)cccc1Cl. The van der Waals surface area contributed by atoms with Gasteiger partial charge in [-0.25, -0.2) is 4.98 Å². The Kier molecular flexibility index (Phi) is 5.73. The summed E-state index contributed by atoms with van der Waals surface area (Å²) in [6, 6.07) is 12.3. The van der Waals surface area contributed by atoms with Gasteiger partial charge in [0.1, 0.15) is 24.1 Å². The number of aromatic nitrogens is 2. The molecule has 0 aliphatic carbocycles. The molecule has 0 bridgehead atoms. The van der Waals surface area contributed by atoms with Crippen molar-refractivity contribution >= 4 is 35.0 Å². The summed E-state index contributed by atoms with van der Waals surface area (Å²) in [7, 11) is 1.50. The lowest BCUT2D eigenvalue weighted by Crippen LogP contribution is -2.05. The van der Waals surface area contributed by atoms with Crippen LogP contribution in [0.3, 0.4) is 0 Å². The van der Waals surface area contributed by atoms with Crippen LogP contribution in [-0.2, 0) is 6.61 Å². The second-order valence-corrected chi connectivity index (χ2v) is 6.47.